The van der Waals surface area contributed by atoms with Crippen molar-refractivity contribution in [2.45, 2.75) is 19.3 Å². The molecule has 0 saturated heterocycles. The number of fused-ring (bicyclic) bond motifs is 3. The molecule has 0 aliphatic carbocycles. The van der Waals surface area contributed by atoms with Gasteiger partial charge in [0.25, 0.3) is 0 Å². The number of hydrogen-bond acceptors (Lipinski definition) is 4. The number of carbonyl (C=O) groups is 2. The number of anilines is 1. The first-order chi connectivity index (χ1) is 16.3. The summed E-state index contributed by atoms with van der Waals surface area (Å²) in [6, 6.07) is 17.7. The normalized spacial score (nSPS) is 11.3. The van der Waals surface area contributed by atoms with Gasteiger partial charge in [-0.25, -0.2) is 0 Å². The van der Waals surface area contributed by atoms with E-state index in [1.807, 2.05) is 62.6 Å². The first-order valence-corrected chi connectivity index (χ1v) is 11.3. The molecular weight excluding hydrogens is 428 g/mol. The van der Waals surface area contributed by atoms with Gasteiger partial charge < -0.3 is 25.7 Å². The van der Waals surface area contributed by atoms with Crippen LogP contribution in [0.1, 0.15) is 18.4 Å². The predicted molar refractivity (Wildman–Crippen MR) is 137 cm³/mol. The Hall–Kier alpha value is -3.84. The number of rotatable bonds is 9. The van der Waals surface area contributed by atoms with Crippen LogP contribution in [-0.4, -0.2) is 49.4 Å². The highest BCUT2D eigenvalue weighted by molar-refractivity contribution is 6.11. The topological polar surface area (TPSA) is 100 Å². The maximum absolute atomic E-state index is 12.3. The molecule has 1 heterocycles. The largest absolute Gasteiger partial charge is 0.497 e. The van der Waals surface area contributed by atoms with E-state index >= 15 is 0 Å². The minimum atomic E-state index is -0.395. The van der Waals surface area contributed by atoms with Gasteiger partial charge in [0.1, 0.15) is 5.75 Å². The van der Waals surface area contributed by atoms with E-state index in [2.05, 4.69) is 21.3 Å². The second-order valence-electron chi connectivity index (χ2n) is 8.77. The number of hydrogen-bond donors (Lipinski definition) is 3. The van der Waals surface area contributed by atoms with Crippen LogP contribution in [0, 0.1) is 0 Å². The maximum Gasteiger partial charge on any atom is 0.224 e. The van der Waals surface area contributed by atoms with Crippen molar-refractivity contribution in [3.63, 3.8) is 0 Å². The summed E-state index contributed by atoms with van der Waals surface area (Å²) in [4.78, 5) is 29.6. The molecule has 0 spiro atoms. The molecule has 7 heteroatoms. The number of H-pyrrole nitrogens is 1. The average Bonchev–Trinajstić information content (AvgIpc) is 3.16. The number of aromatic nitrogens is 1. The average molecular weight is 459 g/mol. The lowest BCUT2D eigenvalue weighted by atomic mass is 9.97. The number of ether oxygens (including phenoxy) is 1. The molecule has 4 N–H and O–H groups in total. The van der Waals surface area contributed by atoms with Gasteiger partial charge in [0.15, 0.2) is 0 Å². The van der Waals surface area contributed by atoms with Crippen molar-refractivity contribution in [2.75, 3.05) is 33.1 Å². The van der Waals surface area contributed by atoms with E-state index in [0.29, 0.717) is 6.42 Å². The Balaban J connectivity index is 1.72. The summed E-state index contributed by atoms with van der Waals surface area (Å²) in [5.74, 6) is 0.361. The van der Waals surface area contributed by atoms with Crippen molar-refractivity contribution in [1.82, 2.24) is 9.88 Å². The number of primary amides is 1. The monoisotopic (exact) mass is 458 g/mol. The van der Waals surface area contributed by atoms with Crippen LogP contribution in [0.4, 0.5) is 5.69 Å². The summed E-state index contributed by atoms with van der Waals surface area (Å²) in [5, 5.41) is 4.99. The molecule has 1 aromatic heterocycles. The Labute approximate surface area is 198 Å². The van der Waals surface area contributed by atoms with E-state index in [1.54, 1.807) is 7.11 Å². The number of amides is 2. The summed E-state index contributed by atoms with van der Waals surface area (Å²) >= 11 is 0. The van der Waals surface area contributed by atoms with Gasteiger partial charge in [-0.15, -0.1) is 0 Å². The first kappa shape index (κ1) is 23.3. The fourth-order valence-corrected chi connectivity index (χ4v) is 4.23. The Morgan fingerprint density at radius 1 is 1.03 bits per heavy atom. The van der Waals surface area contributed by atoms with Gasteiger partial charge in [0.2, 0.25) is 11.8 Å². The molecule has 176 valence electrons. The third-order valence-electron chi connectivity index (χ3n) is 5.85. The highest BCUT2D eigenvalue weighted by Gasteiger charge is 2.14. The summed E-state index contributed by atoms with van der Waals surface area (Å²) in [6.07, 6.45) is 1.39. The van der Waals surface area contributed by atoms with Crippen molar-refractivity contribution >= 4 is 39.3 Å². The number of methoxy groups -OCH3 is 1. The third kappa shape index (κ3) is 5.21. The van der Waals surface area contributed by atoms with Gasteiger partial charge >= 0.3 is 0 Å². The van der Waals surface area contributed by atoms with Crippen molar-refractivity contribution in [3.05, 3.63) is 60.2 Å². The SMILES string of the molecule is COc1cccc(-c2cc(CC(N)=O)c3[nH]c4cc(NC(=O)CCCN(C)C)ccc4c3c2)c1. The number of nitrogens with two attached hydrogens (primary N) is 1. The lowest BCUT2D eigenvalue weighted by molar-refractivity contribution is -0.117. The van der Waals surface area contributed by atoms with Crippen LogP contribution in [0.2, 0.25) is 0 Å². The van der Waals surface area contributed by atoms with E-state index < -0.39 is 5.91 Å². The molecule has 4 aromatic rings. The van der Waals surface area contributed by atoms with Gasteiger partial charge in [-0.1, -0.05) is 18.2 Å². The van der Waals surface area contributed by atoms with E-state index in [-0.39, 0.29) is 12.3 Å². The second kappa shape index (κ2) is 9.97. The van der Waals surface area contributed by atoms with E-state index in [9.17, 15) is 9.59 Å². The summed E-state index contributed by atoms with van der Waals surface area (Å²) in [5.41, 5.74) is 10.8. The number of benzene rings is 3. The van der Waals surface area contributed by atoms with Crippen LogP contribution in [0.3, 0.4) is 0 Å². The molecule has 7 nitrogen and oxygen atoms in total. The first-order valence-electron chi connectivity index (χ1n) is 11.3. The van der Waals surface area contributed by atoms with Crippen LogP contribution in [0.5, 0.6) is 5.75 Å². The van der Waals surface area contributed by atoms with Crippen molar-refractivity contribution < 1.29 is 14.3 Å². The lowest BCUT2D eigenvalue weighted by Crippen LogP contribution is -2.17. The minimum Gasteiger partial charge on any atom is -0.497 e. The molecule has 0 unspecified atom stereocenters. The predicted octanol–water partition coefficient (Wildman–Crippen LogP) is 4.30. The number of carbonyl (C=O) groups excluding carboxylic acids is 2. The zero-order valence-electron chi connectivity index (χ0n) is 19.8. The summed E-state index contributed by atoms with van der Waals surface area (Å²) < 4.78 is 5.38. The Morgan fingerprint density at radius 3 is 2.59 bits per heavy atom. The molecule has 4 rings (SSSR count). The molecule has 0 radical (unpaired) electrons. The van der Waals surface area contributed by atoms with Gasteiger partial charge in [0.05, 0.1) is 19.0 Å². The second-order valence-corrected chi connectivity index (χ2v) is 8.77. The summed E-state index contributed by atoms with van der Waals surface area (Å²) in [7, 11) is 5.63. The molecule has 0 bridgehead atoms. The molecule has 0 aliphatic heterocycles. The Kier molecular flexibility index (Phi) is 6.84. The van der Waals surface area contributed by atoms with Gasteiger partial charge in [-0.05, 0) is 80.1 Å². The quantitative estimate of drug-likeness (QED) is 0.348. The molecule has 0 fully saturated rings. The van der Waals surface area contributed by atoms with Crippen LogP contribution < -0.4 is 15.8 Å². The van der Waals surface area contributed by atoms with Crippen LogP contribution in [0.25, 0.3) is 32.9 Å². The molecule has 3 aromatic carbocycles. The molecule has 0 saturated carbocycles. The molecule has 0 aliphatic rings. The summed E-state index contributed by atoms with van der Waals surface area (Å²) in [6.45, 7) is 0.868. The molecular formula is C27H30N4O3. The molecule has 34 heavy (non-hydrogen) atoms. The van der Waals surface area contributed by atoms with Crippen molar-refractivity contribution in [2.24, 2.45) is 5.73 Å². The number of nitrogens with one attached hydrogen (secondary N) is 2. The highest BCUT2D eigenvalue weighted by atomic mass is 16.5. The zero-order valence-corrected chi connectivity index (χ0v) is 19.8. The van der Waals surface area contributed by atoms with Gasteiger partial charge in [-0.2, -0.15) is 0 Å². The maximum atomic E-state index is 12.3. The van der Waals surface area contributed by atoms with E-state index in [4.69, 9.17) is 10.5 Å². The Bertz CT molecular complexity index is 1360. The van der Waals surface area contributed by atoms with Gasteiger partial charge in [-0.3, -0.25) is 9.59 Å². The highest BCUT2D eigenvalue weighted by Crippen LogP contribution is 2.35. The standard InChI is InChI=1S/C27H30N4O3/c1-31(2)11-5-8-26(33)29-20-9-10-22-23-14-18(17-6-4-7-21(13-17)34-3)12-19(15-25(28)32)27(23)30-24(22)16-20/h4,6-7,9-10,12-14,16,30H,5,8,11,15H2,1-3H3,(H2,28,32)(H,29,33). The molecule has 0 atom stereocenters. The van der Waals surface area contributed by atoms with Crippen LogP contribution >= 0.6 is 0 Å². The van der Waals surface area contributed by atoms with E-state index in [0.717, 1.165) is 62.9 Å². The zero-order chi connectivity index (χ0) is 24.2. The van der Waals surface area contributed by atoms with Crippen molar-refractivity contribution in [3.8, 4) is 16.9 Å². The van der Waals surface area contributed by atoms with Crippen LogP contribution in [-0.2, 0) is 16.0 Å². The van der Waals surface area contributed by atoms with E-state index in [1.165, 1.54) is 0 Å². The lowest BCUT2D eigenvalue weighted by Gasteiger charge is -2.09. The fourth-order valence-electron chi connectivity index (χ4n) is 4.23. The minimum absolute atomic E-state index is 0.00737. The number of nitrogens with zero attached hydrogens (tertiary/aromatic N) is 1. The Morgan fingerprint density at radius 2 is 1.85 bits per heavy atom. The fraction of sp³-hybridized carbons (Fsp3) is 0.259. The van der Waals surface area contributed by atoms with Crippen molar-refractivity contribution in [1.29, 1.82) is 0 Å². The van der Waals surface area contributed by atoms with Gasteiger partial charge in [0, 0.05) is 28.4 Å². The number of aromatic amines is 1. The smallest absolute Gasteiger partial charge is 0.224 e. The van der Waals surface area contributed by atoms with Crippen LogP contribution in [0.15, 0.2) is 54.6 Å². The third-order valence-corrected chi connectivity index (χ3v) is 5.85. The molecule has 2 amide bonds.